The van der Waals surface area contributed by atoms with Gasteiger partial charge in [-0.2, -0.15) is 0 Å². The van der Waals surface area contributed by atoms with Gasteiger partial charge in [-0.25, -0.2) is 0 Å². The fourth-order valence-electron chi connectivity index (χ4n) is 1.96. The average Bonchev–Trinajstić information content (AvgIpc) is 2.41. The van der Waals surface area contributed by atoms with Gasteiger partial charge in [-0.15, -0.1) is 0 Å². The maximum absolute atomic E-state index is 9.98. The van der Waals surface area contributed by atoms with Gasteiger partial charge in [-0.3, -0.25) is 4.98 Å². The van der Waals surface area contributed by atoms with Gasteiger partial charge in [0.15, 0.2) is 0 Å². The van der Waals surface area contributed by atoms with Crippen molar-refractivity contribution in [3.05, 3.63) is 24.0 Å². The molecule has 4 heteroatoms. The van der Waals surface area contributed by atoms with Gasteiger partial charge in [0.05, 0.1) is 24.1 Å². The van der Waals surface area contributed by atoms with Gasteiger partial charge in [0.25, 0.3) is 0 Å². The standard InChI is InChI=1S/C13H20N2O2.C2H6/c1-10-4-5-11(8-14-10)15-6-7-17-12(9-15)13(2,3)16;1-2/h4-5,8,12,16H,6-7,9H2,1-3H3;1-2H3. The monoisotopic (exact) mass is 266 g/mol. The second kappa shape index (κ2) is 6.87. The number of rotatable bonds is 2. The zero-order valence-electron chi connectivity index (χ0n) is 12.7. The Morgan fingerprint density at radius 3 is 2.58 bits per heavy atom. The zero-order valence-corrected chi connectivity index (χ0v) is 12.7. The van der Waals surface area contributed by atoms with E-state index in [1.807, 2.05) is 33.0 Å². The van der Waals surface area contributed by atoms with E-state index in [0.717, 1.165) is 17.9 Å². The largest absolute Gasteiger partial charge is 0.388 e. The highest BCUT2D eigenvalue weighted by molar-refractivity contribution is 5.45. The third kappa shape index (κ3) is 4.48. The van der Waals surface area contributed by atoms with Gasteiger partial charge < -0.3 is 14.7 Å². The van der Waals surface area contributed by atoms with Crippen LogP contribution in [0, 0.1) is 6.92 Å². The van der Waals surface area contributed by atoms with Gasteiger partial charge in [-0.1, -0.05) is 13.8 Å². The molecule has 0 aliphatic carbocycles. The molecule has 0 bridgehead atoms. The Morgan fingerprint density at radius 2 is 2.05 bits per heavy atom. The highest BCUT2D eigenvalue weighted by atomic mass is 16.5. The third-order valence-corrected chi connectivity index (χ3v) is 3.12. The van der Waals surface area contributed by atoms with Crippen LogP contribution in [0.3, 0.4) is 0 Å². The smallest absolute Gasteiger partial charge is 0.103 e. The Labute approximate surface area is 116 Å². The Balaban J connectivity index is 0.000000861. The van der Waals surface area contributed by atoms with Crippen molar-refractivity contribution in [3.63, 3.8) is 0 Å². The molecule has 19 heavy (non-hydrogen) atoms. The van der Waals surface area contributed by atoms with Crippen molar-refractivity contribution in [2.45, 2.75) is 46.3 Å². The quantitative estimate of drug-likeness (QED) is 0.893. The van der Waals surface area contributed by atoms with Crippen molar-refractivity contribution in [1.29, 1.82) is 0 Å². The Kier molecular flexibility index (Phi) is 5.76. The van der Waals surface area contributed by atoms with E-state index in [2.05, 4.69) is 16.0 Å². The molecule has 0 spiro atoms. The van der Waals surface area contributed by atoms with Crippen LogP contribution in [0.5, 0.6) is 0 Å². The summed E-state index contributed by atoms with van der Waals surface area (Å²) >= 11 is 0. The van der Waals surface area contributed by atoms with Crippen LogP contribution in [-0.4, -0.2) is 41.5 Å². The van der Waals surface area contributed by atoms with Crippen molar-refractivity contribution in [1.82, 2.24) is 4.98 Å². The van der Waals surface area contributed by atoms with Crippen molar-refractivity contribution in [3.8, 4) is 0 Å². The van der Waals surface area contributed by atoms with Gasteiger partial charge >= 0.3 is 0 Å². The number of ether oxygens (including phenoxy) is 1. The minimum Gasteiger partial charge on any atom is -0.388 e. The molecule has 2 rings (SSSR count). The molecule has 0 aromatic carbocycles. The lowest BCUT2D eigenvalue weighted by atomic mass is 10.00. The summed E-state index contributed by atoms with van der Waals surface area (Å²) in [4.78, 5) is 6.50. The predicted octanol–water partition coefficient (Wildman–Crippen LogP) is 2.39. The first kappa shape index (κ1) is 15.9. The minimum atomic E-state index is -0.809. The fourth-order valence-corrected chi connectivity index (χ4v) is 1.96. The van der Waals surface area contributed by atoms with Crippen molar-refractivity contribution in [2.24, 2.45) is 0 Å². The molecule has 1 aliphatic rings. The topological polar surface area (TPSA) is 45.6 Å². The third-order valence-electron chi connectivity index (χ3n) is 3.12. The number of hydrogen-bond acceptors (Lipinski definition) is 4. The van der Waals surface area contributed by atoms with E-state index in [-0.39, 0.29) is 6.10 Å². The Bertz CT molecular complexity index is 371. The van der Waals surface area contributed by atoms with Crippen LogP contribution in [0.15, 0.2) is 18.3 Å². The molecular weight excluding hydrogens is 240 g/mol. The summed E-state index contributed by atoms with van der Waals surface area (Å²) in [6.07, 6.45) is 1.72. The number of hydrogen-bond donors (Lipinski definition) is 1. The van der Waals surface area contributed by atoms with E-state index in [1.165, 1.54) is 0 Å². The average molecular weight is 266 g/mol. The van der Waals surface area contributed by atoms with E-state index in [9.17, 15) is 5.11 Å². The lowest BCUT2D eigenvalue weighted by Crippen LogP contribution is -2.52. The SMILES string of the molecule is CC.Cc1ccc(N2CCOC(C(C)(C)O)C2)cn1. The number of pyridine rings is 1. The summed E-state index contributed by atoms with van der Waals surface area (Å²) < 4.78 is 5.61. The number of morpholine rings is 1. The minimum absolute atomic E-state index is 0.155. The molecular formula is C15H26N2O2. The molecule has 0 saturated carbocycles. The summed E-state index contributed by atoms with van der Waals surface area (Å²) in [5.41, 5.74) is 1.30. The van der Waals surface area contributed by atoms with Crippen LogP contribution in [0.4, 0.5) is 5.69 Å². The van der Waals surface area contributed by atoms with E-state index < -0.39 is 5.60 Å². The van der Waals surface area contributed by atoms with Crippen LogP contribution in [0.25, 0.3) is 0 Å². The lowest BCUT2D eigenvalue weighted by molar-refractivity contribution is -0.0928. The molecule has 1 unspecified atom stereocenters. The molecule has 1 atom stereocenters. The fraction of sp³-hybridized carbons (Fsp3) is 0.667. The molecule has 1 saturated heterocycles. The second-order valence-electron chi connectivity index (χ2n) is 5.12. The van der Waals surface area contributed by atoms with Crippen LogP contribution >= 0.6 is 0 Å². The van der Waals surface area contributed by atoms with Crippen molar-refractivity contribution < 1.29 is 9.84 Å². The molecule has 1 aliphatic heterocycles. The molecule has 1 N–H and O–H groups in total. The summed E-state index contributed by atoms with van der Waals surface area (Å²) in [5.74, 6) is 0. The maximum Gasteiger partial charge on any atom is 0.103 e. The zero-order chi connectivity index (χ0) is 14.5. The van der Waals surface area contributed by atoms with E-state index in [1.54, 1.807) is 13.8 Å². The Morgan fingerprint density at radius 1 is 1.37 bits per heavy atom. The second-order valence-corrected chi connectivity index (χ2v) is 5.12. The highest BCUT2D eigenvalue weighted by Crippen LogP contribution is 2.22. The Hall–Kier alpha value is -1.13. The molecule has 2 heterocycles. The van der Waals surface area contributed by atoms with Crippen molar-refractivity contribution in [2.75, 3.05) is 24.6 Å². The summed E-state index contributed by atoms with van der Waals surface area (Å²) in [6.45, 7) is 11.7. The van der Waals surface area contributed by atoms with Gasteiger partial charge in [0, 0.05) is 18.8 Å². The van der Waals surface area contributed by atoms with Gasteiger partial charge in [0.2, 0.25) is 0 Å². The lowest BCUT2D eigenvalue weighted by Gasteiger charge is -2.39. The summed E-state index contributed by atoms with van der Waals surface area (Å²) in [5, 5.41) is 9.98. The maximum atomic E-state index is 9.98. The molecule has 0 radical (unpaired) electrons. The van der Waals surface area contributed by atoms with E-state index in [0.29, 0.717) is 13.2 Å². The van der Waals surface area contributed by atoms with Crippen LogP contribution < -0.4 is 4.90 Å². The number of aliphatic hydroxyl groups is 1. The number of nitrogens with zero attached hydrogens (tertiary/aromatic N) is 2. The summed E-state index contributed by atoms with van der Waals surface area (Å²) in [7, 11) is 0. The highest BCUT2D eigenvalue weighted by Gasteiger charge is 2.32. The first-order valence-electron chi connectivity index (χ1n) is 6.98. The number of aromatic nitrogens is 1. The molecule has 4 nitrogen and oxygen atoms in total. The molecule has 0 amide bonds. The van der Waals surface area contributed by atoms with Crippen LogP contribution in [0.1, 0.15) is 33.4 Å². The molecule has 108 valence electrons. The molecule has 1 aromatic rings. The van der Waals surface area contributed by atoms with Gasteiger partial charge in [-0.05, 0) is 32.9 Å². The first-order chi connectivity index (χ1) is 8.97. The molecule has 1 aromatic heterocycles. The normalized spacial score (nSPS) is 19.7. The number of anilines is 1. The van der Waals surface area contributed by atoms with Crippen molar-refractivity contribution >= 4 is 5.69 Å². The summed E-state index contributed by atoms with van der Waals surface area (Å²) in [6, 6.07) is 4.07. The van der Waals surface area contributed by atoms with E-state index in [4.69, 9.17) is 4.74 Å². The van der Waals surface area contributed by atoms with Gasteiger partial charge in [0.1, 0.15) is 6.10 Å². The van der Waals surface area contributed by atoms with E-state index >= 15 is 0 Å². The first-order valence-corrected chi connectivity index (χ1v) is 6.98. The number of aryl methyl sites for hydroxylation is 1. The van der Waals surface area contributed by atoms with Crippen LogP contribution in [0.2, 0.25) is 0 Å². The predicted molar refractivity (Wildman–Crippen MR) is 78.6 cm³/mol. The van der Waals surface area contributed by atoms with Crippen LogP contribution in [-0.2, 0) is 4.74 Å². The molecule has 1 fully saturated rings.